The summed E-state index contributed by atoms with van der Waals surface area (Å²) >= 11 is 0. The first-order chi connectivity index (χ1) is 17.7. The van der Waals surface area contributed by atoms with Crippen molar-refractivity contribution in [3.8, 4) is 0 Å². The van der Waals surface area contributed by atoms with Crippen molar-refractivity contribution in [1.82, 2.24) is 24.4 Å². The van der Waals surface area contributed by atoms with Gasteiger partial charge in [0.25, 0.3) is 0 Å². The number of halogens is 1. The van der Waals surface area contributed by atoms with Gasteiger partial charge in [0.1, 0.15) is 24.3 Å². The summed E-state index contributed by atoms with van der Waals surface area (Å²) in [5, 5.41) is 15.7. The minimum absolute atomic E-state index is 0.0825. The highest BCUT2D eigenvalue weighted by atomic mass is 19.1. The molecule has 190 valence electrons. The minimum atomic E-state index is -0.627. The molecule has 2 aromatic carbocycles. The molecule has 37 heavy (non-hydrogen) atoms. The fourth-order valence-corrected chi connectivity index (χ4v) is 4.01. The minimum Gasteiger partial charge on any atom is -0.447 e. The predicted octanol–water partition coefficient (Wildman–Crippen LogP) is 4.60. The third-order valence-corrected chi connectivity index (χ3v) is 5.76. The second-order valence-corrected chi connectivity index (χ2v) is 9.59. The third-order valence-electron chi connectivity index (χ3n) is 5.76. The third kappa shape index (κ3) is 5.36. The van der Waals surface area contributed by atoms with E-state index in [2.05, 4.69) is 25.8 Å². The Labute approximate surface area is 212 Å². The number of ether oxygens (including phenoxy) is 1. The zero-order chi connectivity index (χ0) is 26.2. The molecule has 0 spiro atoms. The standard InChI is InChI=1S/C26H27FN8O2/c1-16-21(33-25(36)37-14-26(2,3)28)13-35-23(16)24(29-15-31-35)32-20-7-8-22-18(10-20)11-30-34(22)12-17-5-4-6-19(27)9-17/h4-11,13,15H,12,14,28H2,1-3H3,(H,33,36)(H,29,31,32). The van der Waals surface area contributed by atoms with Gasteiger partial charge in [0, 0.05) is 22.2 Å². The monoisotopic (exact) mass is 502 g/mol. The van der Waals surface area contributed by atoms with Crippen LogP contribution in [0.5, 0.6) is 0 Å². The zero-order valence-corrected chi connectivity index (χ0v) is 20.7. The lowest BCUT2D eigenvalue weighted by atomic mass is 10.1. The smallest absolute Gasteiger partial charge is 0.411 e. The molecule has 0 aliphatic rings. The molecule has 0 atom stereocenters. The molecule has 4 N–H and O–H groups in total. The number of nitrogens with zero attached hydrogens (tertiary/aromatic N) is 5. The van der Waals surface area contributed by atoms with Gasteiger partial charge in [0.15, 0.2) is 5.82 Å². The number of carbonyl (C=O) groups is 1. The number of carbonyl (C=O) groups excluding carboxylic acids is 1. The number of anilines is 3. The first-order valence-electron chi connectivity index (χ1n) is 11.7. The Morgan fingerprint density at radius 2 is 2.03 bits per heavy atom. The van der Waals surface area contributed by atoms with Crippen LogP contribution < -0.4 is 16.4 Å². The second kappa shape index (κ2) is 9.51. The molecule has 11 heteroatoms. The van der Waals surface area contributed by atoms with Crippen LogP contribution in [0.25, 0.3) is 16.4 Å². The summed E-state index contributed by atoms with van der Waals surface area (Å²) in [6.45, 7) is 5.97. The highest BCUT2D eigenvalue weighted by Gasteiger charge is 2.18. The maximum Gasteiger partial charge on any atom is 0.411 e. The van der Waals surface area contributed by atoms with Crippen LogP contribution in [0, 0.1) is 12.7 Å². The summed E-state index contributed by atoms with van der Waals surface area (Å²) in [7, 11) is 0. The van der Waals surface area contributed by atoms with Crippen molar-refractivity contribution < 1.29 is 13.9 Å². The molecule has 5 rings (SSSR count). The molecule has 0 saturated carbocycles. The number of aryl methyl sites for hydroxylation is 1. The van der Waals surface area contributed by atoms with Crippen molar-refractivity contribution in [2.24, 2.45) is 5.73 Å². The SMILES string of the molecule is Cc1c(NC(=O)OCC(C)(C)N)cn2ncnc(Nc3ccc4c(cnn4Cc4cccc(F)c4)c3)c12. The summed E-state index contributed by atoms with van der Waals surface area (Å²) < 4.78 is 22.3. The lowest BCUT2D eigenvalue weighted by Crippen LogP contribution is -2.38. The van der Waals surface area contributed by atoms with E-state index in [1.54, 1.807) is 36.8 Å². The van der Waals surface area contributed by atoms with E-state index in [9.17, 15) is 9.18 Å². The van der Waals surface area contributed by atoms with E-state index in [1.807, 2.05) is 35.9 Å². The molecular formula is C26H27FN8O2. The Bertz CT molecular complexity index is 1600. The average molecular weight is 503 g/mol. The van der Waals surface area contributed by atoms with Crippen LogP contribution in [0.2, 0.25) is 0 Å². The van der Waals surface area contributed by atoms with E-state index in [0.29, 0.717) is 23.6 Å². The number of hydrogen-bond donors (Lipinski definition) is 3. The van der Waals surface area contributed by atoms with Crippen molar-refractivity contribution in [2.45, 2.75) is 32.9 Å². The van der Waals surface area contributed by atoms with Gasteiger partial charge in [0.2, 0.25) is 0 Å². The summed E-state index contributed by atoms with van der Waals surface area (Å²) in [6, 6.07) is 12.3. The first-order valence-corrected chi connectivity index (χ1v) is 11.7. The molecule has 0 fully saturated rings. The van der Waals surface area contributed by atoms with E-state index < -0.39 is 11.6 Å². The van der Waals surface area contributed by atoms with Gasteiger partial charge in [-0.2, -0.15) is 10.2 Å². The van der Waals surface area contributed by atoms with Gasteiger partial charge in [-0.1, -0.05) is 12.1 Å². The Balaban J connectivity index is 1.37. The van der Waals surface area contributed by atoms with E-state index in [-0.39, 0.29) is 12.4 Å². The second-order valence-electron chi connectivity index (χ2n) is 9.59. The molecular weight excluding hydrogens is 475 g/mol. The lowest BCUT2D eigenvalue weighted by Gasteiger charge is -2.18. The molecule has 1 amide bonds. The van der Waals surface area contributed by atoms with Gasteiger partial charge < -0.3 is 15.8 Å². The lowest BCUT2D eigenvalue weighted by molar-refractivity contribution is 0.138. The fraction of sp³-hybridized carbons (Fsp3) is 0.231. The summed E-state index contributed by atoms with van der Waals surface area (Å²) in [4.78, 5) is 16.7. The number of nitrogens with one attached hydrogen (secondary N) is 2. The van der Waals surface area contributed by atoms with E-state index in [0.717, 1.165) is 27.7 Å². The number of aromatic nitrogens is 5. The normalized spacial score (nSPS) is 11.7. The first kappa shape index (κ1) is 24.2. The Hall–Kier alpha value is -4.51. The highest BCUT2D eigenvalue weighted by molar-refractivity contribution is 5.91. The molecule has 3 heterocycles. The molecule has 0 saturated heterocycles. The summed E-state index contributed by atoms with van der Waals surface area (Å²) in [6.07, 6.45) is 4.31. The molecule has 0 bridgehead atoms. The van der Waals surface area contributed by atoms with Crippen LogP contribution in [-0.4, -0.2) is 42.6 Å². The topological polar surface area (TPSA) is 124 Å². The molecule has 0 aliphatic heterocycles. The Kier molecular flexibility index (Phi) is 6.22. The van der Waals surface area contributed by atoms with E-state index in [1.165, 1.54) is 18.5 Å². The van der Waals surface area contributed by atoms with Gasteiger partial charge in [-0.3, -0.25) is 10.00 Å². The van der Waals surface area contributed by atoms with Crippen LogP contribution in [0.1, 0.15) is 25.0 Å². The Morgan fingerprint density at radius 1 is 1.19 bits per heavy atom. The Morgan fingerprint density at radius 3 is 2.81 bits per heavy atom. The largest absolute Gasteiger partial charge is 0.447 e. The molecule has 5 aromatic rings. The number of amides is 1. The van der Waals surface area contributed by atoms with Crippen molar-refractivity contribution in [2.75, 3.05) is 17.2 Å². The van der Waals surface area contributed by atoms with Gasteiger partial charge >= 0.3 is 6.09 Å². The van der Waals surface area contributed by atoms with Gasteiger partial charge in [-0.25, -0.2) is 18.7 Å². The zero-order valence-electron chi connectivity index (χ0n) is 20.7. The quantitative estimate of drug-likeness (QED) is 0.297. The maximum absolute atomic E-state index is 13.6. The van der Waals surface area contributed by atoms with Crippen molar-refractivity contribution in [1.29, 1.82) is 0 Å². The van der Waals surface area contributed by atoms with Gasteiger partial charge in [0.05, 0.1) is 30.1 Å². The number of rotatable bonds is 7. The number of hydrogen-bond acceptors (Lipinski definition) is 7. The van der Waals surface area contributed by atoms with Gasteiger partial charge in [-0.05, 0) is 56.7 Å². The van der Waals surface area contributed by atoms with Crippen molar-refractivity contribution in [3.63, 3.8) is 0 Å². The molecule has 10 nitrogen and oxygen atoms in total. The van der Waals surface area contributed by atoms with Crippen LogP contribution in [0.3, 0.4) is 0 Å². The average Bonchev–Trinajstić information content (AvgIpc) is 3.38. The fourth-order valence-electron chi connectivity index (χ4n) is 4.01. The number of benzene rings is 2. The van der Waals surface area contributed by atoms with Crippen LogP contribution in [0.15, 0.2) is 61.2 Å². The van der Waals surface area contributed by atoms with Crippen molar-refractivity contribution in [3.05, 3.63) is 78.1 Å². The van der Waals surface area contributed by atoms with Crippen LogP contribution in [-0.2, 0) is 11.3 Å². The van der Waals surface area contributed by atoms with E-state index >= 15 is 0 Å². The summed E-state index contributed by atoms with van der Waals surface area (Å²) in [5.74, 6) is 0.301. The highest BCUT2D eigenvalue weighted by Crippen LogP contribution is 2.29. The molecule has 3 aromatic heterocycles. The van der Waals surface area contributed by atoms with Crippen LogP contribution >= 0.6 is 0 Å². The van der Waals surface area contributed by atoms with Gasteiger partial charge in [-0.15, -0.1) is 0 Å². The van der Waals surface area contributed by atoms with Crippen LogP contribution in [0.4, 0.5) is 26.4 Å². The molecule has 0 unspecified atom stereocenters. The number of fused-ring (bicyclic) bond motifs is 2. The predicted molar refractivity (Wildman–Crippen MR) is 139 cm³/mol. The number of nitrogens with two attached hydrogens (primary N) is 1. The molecule has 0 aliphatic carbocycles. The van der Waals surface area contributed by atoms with E-state index in [4.69, 9.17) is 10.5 Å². The molecule has 0 radical (unpaired) electrons. The summed E-state index contributed by atoms with van der Waals surface area (Å²) in [5.41, 5.74) is 9.85. The maximum atomic E-state index is 13.6. The van der Waals surface area contributed by atoms with Crippen molar-refractivity contribution >= 4 is 39.7 Å².